The van der Waals surface area contributed by atoms with Crippen molar-refractivity contribution in [2.75, 3.05) is 11.9 Å². The fourth-order valence-corrected chi connectivity index (χ4v) is 2.76. The molecule has 0 fully saturated rings. The molecule has 0 saturated heterocycles. The van der Waals surface area contributed by atoms with Gasteiger partial charge in [0, 0.05) is 10.4 Å². The fourth-order valence-electron chi connectivity index (χ4n) is 1.75. The van der Waals surface area contributed by atoms with Crippen LogP contribution < -0.4 is 11.1 Å². The van der Waals surface area contributed by atoms with Crippen LogP contribution in [0.25, 0.3) is 11.3 Å². The molecule has 0 aliphatic rings. The van der Waals surface area contributed by atoms with Crippen molar-refractivity contribution >= 4 is 22.4 Å². The summed E-state index contributed by atoms with van der Waals surface area (Å²) in [4.78, 5) is 17.0. The van der Waals surface area contributed by atoms with Gasteiger partial charge in [-0.05, 0) is 5.92 Å². The van der Waals surface area contributed by atoms with Gasteiger partial charge in [0.1, 0.15) is 0 Å². The maximum Gasteiger partial charge on any atom is 0.239 e. The summed E-state index contributed by atoms with van der Waals surface area (Å²) in [6, 6.07) is 9.99. The van der Waals surface area contributed by atoms with Crippen LogP contribution in [0.2, 0.25) is 0 Å². The van der Waals surface area contributed by atoms with Gasteiger partial charge in [-0.25, -0.2) is 4.98 Å². The third-order valence-electron chi connectivity index (χ3n) is 2.66. The van der Waals surface area contributed by atoms with Crippen molar-refractivity contribution in [1.82, 2.24) is 4.98 Å². The number of anilines is 1. The van der Waals surface area contributed by atoms with E-state index in [2.05, 4.69) is 24.1 Å². The van der Waals surface area contributed by atoms with E-state index >= 15 is 0 Å². The summed E-state index contributed by atoms with van der Waals surface area (Å²) in [5, 5.41) is 3.33. The highest BCUT2D eigenvalue weighted by molar-refractivity contribution is 7.16. The normalized spacial score (nSPS) is 10.7. The largest absolute Gasteiger partial charge is 0.322 e. The first-order chi connectivity index (χ1) is 9.11. The van der Waals surface area contributed by atoms with Crippen LogP contribution in [0.1, 0.15) is 24.6 Å². The third kappa shape index (κ3) is 3.19. The third-order valence-corrected chi connectivity index (χ3v) is 3.93. The number of rotatable bonds is 4. The summed E-state index contributed by atoms with van der Waals surface area (Å²) in [5.74, 6) is 0.139. The molecule has 0 bridgehead atoms. The Kier molecular flexibility index (Phi) is 4.29. The molecule has 2 rings (SSSR count). The summed E-state index contributed by atoms with van der Waals surface area (Å²) in [6.45, 7) is 4.21. The molecule has 0 atom stereocenters. The second-order valence-electron chi connectivity index (χ2n) is 4.50. The Morgan fingerprint density at radius 1 is 1.37 bits per heavy atom. The Balaban J connectivity index is 2.39. The molecule has 0 unspecified atom stereocenters. The fraction of sp³-hybridized carbons (Fsp3) is 0.286. The van der Waals surface area contributed by atoms with Gasteiger partial charge in [0.2, 0.25) is 5.91 Å². The first-order valence-corrected chi connectivity index (χ1v) is 6.99. The molecule has 100 valence electrons. The van der Waals surface area contributed by atoms with Crippen molar-refractivity contribution in [2.45, 2.75) is 19.8 Å². The Bertz CT molecular complexity index is 563. The van der Waals surface area contributed by atoms with Crippen LogP contribution in [0.3, 0.4) is 0 Å². The molecule has 1 aromatic heterocycles. The number of nitrogens with one attached hydrogen (secondary N) is 1. The predicted octanol–water partition coefficient (Wildman–Crippen LogP) is 2.83. The maximum absolute atomic E-state index is 11.3. The second-order valence-corrected chi connectivity index (χ2v) is 5.54. The van der Waals surface area contributed by atoms with Gasteiger partial charge in [0.15, 0.2) is 5.13 Å². The SMILES string of the molecule is CC(C)c1sc(NC(=O)CN)nc1-c1ccccc1. The lowest BCUT2D eigenvalue weighted by Crippen LogP contribution is -2.21. The first-order valence-electron chi connectivity index (χ1n) is 6.18. The summed E-state index contributed by atoms with van der Waals surface area (Å²) >= 11 is 1.51. The molecule has 0 spiro atoms. The zero-order valence-corrected chi connectivity index (χ0v) is 11.8. The molecule has 1 aromatic carbocycles. The number of hydrogen-bond acceptors (Lipinski definition) is 4. The van der Waals surface area contributed by atoms with Crippen molar-refractivity contribution in [3.63, 3.8) is 0 Å². The Labute approximate surface area is 116 Å². The Morgan fingerprint density at radius 2 is 2.05 bits per heavy atom. The van der Waals surface area contributed by atoms with E-state index in [4.69, 9.17) is 5.73 Å². The minimum atomic E-state index is -0.219. The van der Waals surface area contributed by atoms with Crippen molar-refractivity contribution in [2.24, 2.45) is 5.73 Å². The molecule has 1 amide bonds. The molecule has 3 N–H and O–H groups in total. The predicted molar refractivity (Wildman–Crippen MR) is 79.3 cm³/mol. The van der Waals surface area contributed by atoms with Crippen LogP contribution in [-0.4, -0.2) is 17.4 Å². The monoisotopic (exact) mass is 275 g/mol. The van der Waals surface area contributed by atoms with Crippen molar-refractivity contribution in [3.05, 3.63) is 35.2 Å². The van der Waals surface area contributed by atoms with Crippen LogP contribution in [0.4, 0.5) is 5.13 Å². The molecule has 0 aliphatic carbocycles. The van der Waals surface area contributed by atoms with E-state index in [1.54, 1.807) is 0 Å². The zero-order valence-electron chi connectivity index (χ0n) is 11.0. The van der Waals surface area contributed by atoms with Crippen molar-refractivity contribution < 1.29 is 4.79 Å². The van der Waals surface area contributed by atoms with Crippen LogP contribution >= 0.6 is 11.3 Å². The number of carbonyl (C=O) groups excluding carboxylic acids is 1. The molecule has 0 saturated carbocycles. The van der Waals surface area contributed by atoms with E-state index in [9.17, 15) is 4.79 Å². The second kappa shape index (κ2) is 5.95. The zero-order chi connectivity index (χ0) is 13.8. The van der Waals surface area contributed by atoms with E-state index in [0.717, 1.165) is 11.3 Å². The van der Waals surface area contributed by atoms with Gasteiger partial charge >= 0.3 is 0 Å². The summed E-state index contributed by atoms with van der Waals surface area (Å²) in [7, 11) is 0. The number of nitrogens with zero attached hydrogens (tertiary/aromatic N) is 1. The smallest absolute Gasteiger partial charge is 0.239 e. The molecule has 0 aliphatic heterocycles. The molecular formula is C14H17N3OS. The van der Waals surface area contributed by atoms with E-state index in [1.807, 2.05) is 30.3 Å². The van der Waals surface area contributed by atoms with Crippen LogP contribution in [-0.2, 0) is 4.79 Å². The van der Waals surface area contributed by atoms with E-state index in [0.29, 0.717) is 11.0 Å². The number of nitrogens with two attached hydrogens (primary N) is 1. The Hall–Kier alpha value is -1.72. The molecule has 19 heavy (non-hydrogen) atoms. The molecule has 1 heterocycles. The lowest BCUT2D eigenvalue weighted by atomic mass is 10.1. The van der Waals surface area contributed by atoms with Gasteiger partial charge in [-0.3, -0.25) is 4.79 Å². The van der Waals surface area contributed by atoms with E-state index < -0.39 is 0 Å². The average Bonchev–Trinajstić information content (AvgIpc) is 2.83. The summed E-state index contributed by atoms with van der Waals surface area (Å²) in [5.41, 5.74) is 7.30. The van der Waals surface area contributed by atoms with Crippen LogP contribution in [0.15, 0.2) is 30.3 Å². The number of aromatic nitrogens is 1. The number of carbonyl (C=O) groups is 1. The summed E-state index contributed by atoms with van der Waals surface area (Å²) < 4.78 is 0. The minimum Gasteiger partial charge on any atom is -0.322 e. The van der Waals surface area contributed by atoms with Crippen LogP contribution in [0.5, 0.6) is 0 Å². The van der Waals surface area contributed by atoms with Gasteiger partial charge in [0.25, 0.3) is 0 Å². The number of hydrogen-bond donors (Lipinski definition) is 2. The summed E-state index contributed by atoms with van der Waals surface area (Å²) in [6.07, 6.45) is 0. The standard InChI is InChI=1S/C14H17N3OS/c1-9(2)13-12(10-6-4-3-5-7-10)17-14(19-13)16-11(18)8-15/h3-7,9H,8,15H2,1-2H3,(H,16,17,18). The van der Waals surface area contributed by atoms with Crippen molar-refractivity contribution in [1.29, 1.82) is 0 Å². The van der Waals surface area contributed by atoms with Gasteiger partial charge in [-0.2, -0.15) is 0 Å². The van der Waals surface area contributed by atoms with Gasteiger partial charge in [0.05, 0.1) is 12.2 Å². The average molecular weight is 275 g/mol. The maximum atomic E-state index is 11.3. The lowest BCUT2D eigenvalue weighted by molar-refractivity contribution is -0.114. The van der Waals surface area contributed by atoms with Gasteiger partial charge < -0.3 is 11.1 Å². The highest BCUT2D eigenvalue weighted by Crippen LogP contribution is 2.35. The Morgan fingerprint density at radius 3 is 2.63 bits per heavy atom. The molecule has 4 nitrogen and oxygen atoms in total. The number of benzene rings is 1. The van der Waals surface area contributed by atoms with Gasteiger partial charge in [-0.15, -0.1) is 11.3 Å². The van der Waals surface area contributed by atoms with Gasteiger partial charge in [-0.1, -0.05) is 44.2 Å². The lowest BCUT2D eigenvalue weighted by Gasteiger charge is -2.04. The highest BCUT2D eigenvalue weighted by Gasteiger charge is 2.16. The molecular weight excluding hydrogens is 258 g/mol. The van der Waals surface area contributed by atoms with Crippen molar-refractivity contribution in [3.8, 4) is 11.3 Å². The van der Waals surface area contributed by atoms with E-state index in [1.165, 1.54) is 16.2 Å². The molecule has 2 aromatic rings. The number of thiazole rings is 1. The first kappa shape index (κ1) is 13.7. The quantitative estimate of drug-likeness (QED) is 0.901. The van der Waals surface area contributed by atoms with Crippen LogP contribution in [0, 0.1) is 0 Å². The van der Waals surface area contributed by atoms with E-state index in [-0.39, 0.29) is 12.5 Å². The number of amides is 1. The highest BCUT2D eigenvalue weighted by atomic mass is 32.1. The minimum absolute atomic E-state index is 0.0305. The topological polar surface area (TPSA) is 68.0 Å². The molecule has 5 heteroatoms. The molecule has 0 radical (unpaired) electrons.